The number of aromatic nitrogens is 1. The van der Waals surface area contributed by atoms with E-state index >= 15 is 0 Å². The van der Waals surface area contributed by atoms with Gasteiger partial charge in [0, 0.05) is 11.9 Å². The fourth-order valence-corrected chi connectivity index (χ4v) is 1.88. The van der Waals surface area contributed by atoms with E-state index in [9.17, 15) is 9.59 Å². The van der Waals surface area contributed by atoms with Gasteiger partial charge >= 0.3 is 0 Å². The molecule has 0 fully saturated rings. The van der Waals surface area contributed by atoms with Crippen LogP contribution in [-0.4, -0.2) is 10.5 Å². The van der Waals surface area contributed by atoms with Crippen molar-refractivity contribution in [2.45, 2.75) is 13.5 Å². The highest BCUT2D eigenvalue weighted by Crippen LogP contribution is 2.01. The predicted molar refractivity (Wildman–Crippen MR) is 78.5 cm³/mol. The van der Waals surface area contributed by atoms with Crippen LogP contribution in [-0.2, 0) is 6.54 Å². The molecule has 102 valence electrons. The van der Waals surface area contributed by atoms with Gasteiger partial charge in [0.1, 0.15) is 5.56 Å². The number of hydrogen-bond donors (Lipinski definition) is 1. The molecular formula is C16H16N2O2. The average Bonchev–Trinajstić information content (AvgIpc) is 2.41. The van der Waals surface area contributed by atoms with Crippen LogP contribution in [0.25, 0.3) is 0 Å². The Labute approximate surface area is 117 Å². The fraction of sp³-hybridized carbons (Fsp3) is 0.125. The quantitative estimate of drug-likeness (QED) is 0.923. The molecule has 1 amide bonds. The van der Waals surface area contributed by atoms with E-state index in [1.54, 1.807) is 19.2 Å². The highest BCUT2D eigenvalue weighted by Gasteiger charge is 2.11. The zero-order valence-corrected chi connectivity index (χ0v) is 11.3. The van der Waals surface area contributed by atoms with Crippen molar-refractivity contribution in [3.63, 3.8) is 0 Å². The first kappa shape index (κ1) is 13.8. The smallest absolute Gasteiger partial charge is 0.263 e. The zero-order chi connectivity index (χ0) is 14.5. The lowest BCUT2D eigenvalue weighted by molar-refractivity contribution is 0.0964. The van der Waals surface area contributed by atoms with Crippen molar-refractivity contribution in [1.82, 2.24) is 9.88 Å². The van der Waals surface area contributed by atoms with Crippen LogP contribution >= 0.6 is 0 Å². The molecule has 2 aromatic rings. The molecule has 0 aliphatic rings. The summed E-state index contributed by atoms with van der Waals surface area (Å²) in [7, 11) is 0. The van der Waals surface area contributed by atoms with E-state index in [2.05, 4.69) is 11.9 Å². The SMILES string of the molecule is C=C(C)NC(=O)c1cccn(Cc2ccccc2)c1=O. The number of hydrogen-bond acceptors (Lipinski definition) is 2. The summed E-state index contributed by atoms with van der Waals surface area (Å²) < 4.78 is 1.52. The summed E-state index contributed by atoms with van der Waals surface area (Å²) in [6, 6.07) is 12.8. The van der Waals surface area contributed by atoms with Crippen molar-refractivity contribution in [2.75, 3.05) is 0 Å². The summed E-state index contributed by atoms with van der Waals surface area (Å²) in [5.74, 6) is -0.426. The minimum atomic E-state index is -0.426. The van der Waals surface area contributed by atoms with Crippen LogP contribution in [0.15, 0.2) is 65.7 Å². The minimum absolute atomic E-state index is 0.117. The van der Waals surface area contributed by atoms with E-state index in [-0.39, 0.29) is 11.1 Å². The molecule has 0 radical (unpaired) electrons. The van der Waals surface area contributed by atoms with E-state index in [4.69, 9.17) is 0 Å². The van der Waals surface area contributed by atoms with Crippen LogP contribution < -0.4 is 10.9 Å². The number of pyridine rings is 1. The number of nitrogens with zero attached hydrogens (tertiary/aromatic N) is 1. The standard InChI is InChI=1S/C16H16N2O2/c1-12(2)17-15(19)14-9-6-10-18(16(14)20)11-13-7-4-3-5-8-13/h3-10H,1,11H2,2H3,(H,17,19). The zero-order valence-electron chi connectivity index (χ0n) is 11.3. The largest absolute Gasteiger partial charge is 0.326 e. The maximum absolute atomic E-state index is 12.3. The maximum atomic E-state index is 12.3. The molecule has 0 unspecified atom stereocenters. The van der Waals surface area contributed by atoms with Crippen molar-refractivity contribution in [1.29, 1.82) is 0 Å². The Morgan fingerprint density at radius 1 is 1.20 bits per heavy atom. The normalized spacial score (nSPS) is 10.1. The molecule has 0 bridgehead atoms. The van der Waals surface area contributed by atoms with Gasteiger partial charge in [0.15, 0.2) is 0 Å². The lowest BCUT2D eigenvalue weighted by Gasteiger charge is -2.08. The number of nitrogens with one attached hydrogen (secondary N) is 1. The van der Waals surface area contributed by atoms with Crippen LogP contribution in [0, 0.1) is 0 Å². The molecule has 1 aromatic carbocycles. The highest BCUT2D eigenvalue weighted by atomic mass is 16.2. The van der Waals surface area contributed by atoms with Crippen LogP contribution in [0.4, 0.5) is 0 Å². The van der Waals surface area contributed by atoms with Crippen LogP contribution in [0.5, 0.6) is 0 Å². The molecule has 0 spiro atoms. The van der Waals surface area contributed by atoms with Crippen molar-refractivity contribution in [3.05, 3.63) is 82.4 Å². The topological polar surface area (TPSA) is 51.1 Å². The Hall–Kier alpha value is -2.62. The van der Waals surface area contributed by atoms with Crippen LogP contribution in [0.2, 0.25) is 0 Å². The number of benzene rings is 1. The third-order valence-electron chi connectivity index (χ3n) is 2.79. The summed E-state index contributed by atoms with van der Waals surface area (Å²) in [6.07, 6.45) is 1.67. The van der Waals surface area contributed by atoms with E-state index in [1.165, 1.54) is 10.6 Å². The van der Waals surface area contributed by atoms with E-state index in [0.29, 0.717) is 12.2 Å². The first-order valence-corrected chi connectivity index (χ1v) is 6.28. The number of carbonyl (C=O) groups is 1. The van der Waals surface area contributed by atoms with Crippen molar-refractivity contribution in [3.8, 4) is 0 Å². The number of amides is 1. The Kier molecular flexibility index (Phi) is 4.15. The molecule has 0 saturated heterocycles. The minimum Gasteiger partial charge on any atom is -0.326 e. The molecule has 2 rings (SSSR count). The van der Waals surface area contributed by atoms with Gasteiger partial charge in [-0.05, 0) is 24.6 Å². The maximum Gasteiger partial charge on any atom is 0.263 e. The molecule has 1 aromatic heterocycles. The van der Waals surface area contributed by atoms with Gasteiger partial charge in [-0.3, -0.25) is 9.59 Å². The summed E-state index contributed by atoms with van der Waals surface area (Å²) >= 11 is 0. The summed E-state index contributed by atoms with van der Waals surface area (Å²) in [5, 5.41) is 2.54. The molecule has 0 saturated carbocycles. The van der Waals surface area contributed by atoms with E-state index in [1.807, 2.05) is 30.3 Å². The Bertz CT molecular complexity index is 687. The van der Waals surface area contributed by atoms with Gasteiger partial charge in [0.2, 0.25) is 0 Å². The molecule has 1 N–H and O–H groups in total. The first-order chi connectivity index (χ1) is 9.58. The second kappa shape index (κ2) is 6.02. The second-order valence-electron chi connectivity index (χ2n) is 4.57. The van der Waals surface area contributed by atoms with Crippen molar-refractivity contribution in [2.24, 2.45) is 0 Å². The molecule has 0 atom stereocenters. The number of rotatable bonds is 4. The Morgan fingerprint density at radius 2 is 1.90 bits per heavy atom. The molecule has 4 nitrogen and oxygen atoms in total. The molecule has 0 aliphatic heterocycles. The van der Waals surface area contributed by atoms with E-state index in [0.717, 1.165) is 5.56 Å². The first-order valence-electron chi connectivity index (χ1n) is 6.28. The summed E-state index contributed by atoms with van der Waals surface area (Å²) in [6.45, 7) is 5.71. The molecule has 20 heavy (non-hydrogen) atoms. The van der Waals surface area contributed by atoms with Gasteiger partial charge in [-0.15, -0.1) is 0 Å². The lowest BCUT2D eigenvalue weighted by atomic mass is 10.2. The van der Waals surface area contributed by atoms with Crippen LogP contribution in [0.1, 0.15) is 22.8 Å². The van der Waals surface area contributed by atoms with Gasteiger partial charge in [0.25, 0.3) is 11.5 Å². The van der Waals surface area contributed by atoms with Gasteiger partial charge in [0.05, 0.1) is 6.54 Å². The van der Waals surface area contributed by atoms with Crippen LogP contribution in [0.3, 0.4) is 0 Å². The van der Waals surface area contributed by atoms with Gasteiger partial charge in [-0.1, -0.05) is 36.9 Å². The lowest BCUT2D eigenvalue weighted by Crippen LogP contribution is -2.31. The average molecular weight is 268 g/mol. The molecule has 4 heteroatoms. The third kappa shape index (κ3) is 3.23. The summed E-state index contributed by atoms with van der Waals surface area (Å²) in [4.78, 5) is 24.2. The second-order valence-corrected chi connectivity index (χ2v) is 4.57. The van der Waals surface area contributed by atoms with Crippen molar-refractivity contribution >= 4 is 5.91 Å². The van der Waals surface area contributed by atoms with Gasteiger partial charge in [-0.2, -0.15) is 0 Å². The monoisotopic (exact) mass is 268 g/mol. The molecule has 1 heterocycles. The third-order valence-corrected chi connectivity index (χ3v) is 2.79. The predicted octanol–water partition coefficient (Wildman–Crippen LogP) is 2.16. The number of carbonyl (C=O) groups excluding carboxylic acids is 1. The van der Waals surface area contributed by atoms with E-state index < -0.39 is 5.91 Å². The van der Waals surface area contributed by atoms with Crippen molar-refractivity contribution < 1.29 is 4.79 Å². The Balaban J connectivity index is 2.30. The number of allylic oxidation sites excluding steroid dienone is 1. The molecular weight excluding hydrogens is 252 g/mol. The summed E-state index contributed by atoms with van der Waals surface area (Å²) in [5.41, 5.74) is 1.32. The molecule has 0 aliphatic carbocycles. The van der Waals surface area contributed by atoms with Gasteiger partial charge < -0.3 is 9.88 Å². The fourth-order valence-electron chi connectivity index (χ4n) is 1.88. The van der Waals surface area contributed by atoms with Gasteiger partial charge in [-0.25, -0.2) is 0 Å². The highest BCUT2D eigenvalue weighted by molar-refractivity contribution is 5.94. The Morgan fingerprint density at radius 3 is 2.55 bits per heavy atom.